The fourth-order valence-electron chi connectivity index (χ4n) is 3.25. The normalized spacial score (nSPS) is 15.3. The molecule has 0 bridgehead atoms. The third kappa shape index (κ3) is 4.70. The van der Waals surface area contributed by atoms with Crippen molar-refractivity contribution < 1.29 is 14.6 Å². The molecule has 1 saturated heterocycles. The maximum atomic E-state index is 12.7. The van der Waals surface area contributed by atoms with Crippen LogP contribution in [0.15, 0.2) is 48.0 Å². The van der Waals surface area contributed by atoms with E-state index in [0.29, 0.717) is 38.3 Å². The number of hydrogen-bond acceptors (Lipinski definition) is 6. The van der Waals surface area contributed by atoms with Crippen LogP contribution >= 0.6 is 11.3 Å². The number of amides is 1. The fourth-order valence-corrected chi connectivity index (χ4v) is 4.10. The van der Waals surface area contributed by atoms with Crippen molar-refractivity contribution in [1.29, 1.82) is 0 Å². The second kappa shape index (κ2) is 8.82. The van der Waals surface area contributed by atoms with E-state index in [4.69, 9.17) is 4.74 Å². The Labute approximate surface area is 173 Å². The summed E-state index contributed by atoms with van der Waals surface area (Å²) in [7, 11) is 0. The zero-order chi connectivity index (χ0) is 20.2. The van der Waals surface area contributed by atoms with Crippen LogP contribution in [0.2, 0.25) is 0 Å². The number of carbonyl (C=O) groups is 1. The van der Waals surface area contributed by atoms with Crippen LogP contribution in [-0.2, 0) is 11.2 Å². The molecule has 6 nitrogen and oxygen atoms in total. The first-order valence-electron chi connectivity index (χ1n) is 9.65. The zero-order valence-corrected chi connectivity index (χ0v) is 17.1. The van der Waals surface area contributed by atoms with Gasteiger partial charge in [-0.1, -0.05) is 24.3 Å². The molecule has 1 aromatic carbocycles. The number of benzene rings is 1. The van der Waals surface area contributed by atoms with Crippen LogP contribution in [0.4, 0.5) is 0 Å². The third-order valence-electron chi connectivity index (χ3n) is 4.93. The van der Waals surface area contributed by atoms with Gasteiger partial charge in [-0.3, -0.25) is 4.79 Å². The molecule has 0 radical (unpaired) electrons. The largest absolute Gasteiger partial charge is 0.389 e. The minimum Gasteiger partial charge on any atom is -0.389 e. The molecule has 1 aliphatic rings. The molecule has 0 saturated carbocycles. The predicted molar refractivity (Wildman–Crippen MR) is 112 cm³/mol. The Bertz CT molecular complexity index is 979. The minimum atomic E-state index is -0.475. The summed E-state index contributed by atoms with van der Waals surface area (Å²) in [6.07, 6.45) is 1.89. The number of morpholine rings is 1. The van der Waals surface area contributed by atoms with E-state index in [1.165, 1.54) is 11.3 Å². The van der Waals surface area contributed by atoms with Gasteiger partial charge in [0.1, 0.15) is 5.82 Å². The van der Waals surface area contributed by atoms with Gasteiger partial charge in [0.05, 0.1) is 35.5 Å². The van der Waals surface area contributed by atoms with Gasteiger partial charge in [-0.25, -0.2) is 9.97 Å². The Hall–Kier alpha value is -2.61. The molecule has 0 spiro atoms. The number of ether oxygens (including phenoxy) is 1. The van der Waals surface area contributed by atoms with Gasteiger partial charge in [-0.2, -0.15) is 0 Å². The predicted octanol–water partition coefficient (Wildman–Crippen LogP) is 3.32. The molecule has 1 fully saturated rings. The highest BCUT2D eigenvalue weighted by atomic mass is 32.1. The smallest absolute Gasteiger partial charge is 0.254 e. The van der Waals surface area contributed by atoms with E-state index in [-0.39, 0.29) is 5.91 Å². The van der Waals surface area contributed by atoms with Crippen LogP contribution in [0.5, 0.6) is 0 Å². The summed E-state index contributed by atoms with van der Waals surface area (Å²) < 4.78 is 5.32. The molecule has 7 heteroatoms. The van der Waals surface area contributed by atoms with Crippen LogP contribution < -0.4 is 0 Å². The van der Waals surface area contributed by atoms with Gasteiger partial charge >= 0.3 is 0 Å². The Balaban J connectivity index is 1.48. The van der Waals surface area contributed by atoms with Gasteiger partial charge < -0.3 is 14.7 Å². The van der Waals surface area contributed by atoms with Crippen LogP contribution in [0, 0.1) is 0 Å². The molecule has 1 unspecified atom stereocenters. The number of carbonyl (C=O) groups excluding carboxylic acids is 1. The molecule has 2 aromatic heterocycles. The summed E-state index contributed by atoms with van der Waals surface area (Å²) in [6, 6.07) is 11.6. The average molecular weight is 410 g/mol. The van der Waals surface area contributed by atoms with E-state index in [9.17, 15) is 9.90 Å². The summed E-state index contributed by atoms with van der Waals surface area (Å²) in [5, 5.41) is 11.5. The van der Waals surface area contributed by atoms with Crippen LogP contribution in [0.1, 0.15) is 40.3 Å². The number of thiophene rings is 1. The summed E-state index contributed by atoms with van der Waals surface area (Å²) in [4.78, 5) is 24.5. The van der Waals surface area contributed by atoms with Crippen molar-refractivity contribution in [2.24, 2.45) is 0 Å². The molecule has 1 aliphatic heterocycles. The minimum absolute atomic E-state index is 0.0447. The van der Waals surface area contributed by atoms with E-state index >= 15 is 0 Å². The van der Waals surface area contributed by atoms with Crippen LogP contribution in [0.3, 0.4) is 0 Å². The molecule has 1 atom stereocenters. The molecular formula is C22H23N3O3S. The molecule has 0 aliphatic carbocycles. The molecule has 29 heavy (non-hydrogen) atoms. The second-order valence-corrected chi connectivity index (χ2v) is 7.97. The summed E-state index contributed by atoms with van der Waals surface area (Å²) >= 11 is 1.52. The molecular weight excluding hydrogens is 386 g/mol. The van der Waals surface area contributed by atoms with Gasteiger partial charge in [0, 0.05) is 31.1 Å². The lowest BCUT2D eigenvalue weighted by Gasteiger charge is -2.26. The lowest BCUT2D eigenvalue weighted by Crippen LogP contribution is -2.40. The Morgan fingerprint density at radius 3 is 2.72 bits per heavy atom. The highest BCUT2D eigenvalue weighted by Gasteiger charge is 2.20. The van der Waals surface area contributed by atoms with Gasteiger partial charge in [0.15, 0.2) is 0 Å². The first-order valence-corrected chi connectivity index (χ1v) is 10.5. The lowest BCUT2D eigenvalue weighted by atomic mass is 10.1. The highest BCUT2D eigenvalue weighted by molar-refractivity contribution is 7.13. The molecule has 3 heterocycles. The van der Waals surface area contributed by atoms with Crippen LogP contribution in [-0.4, -0.2) is 52.2 Å². The topological polar surface area (TPSA) is 75.6 Å². The Kier molecular flexibility index (Phi) is 5.99. The Morgan fingerprint density at radius 1 is 1.24 bits per heavy atom. The average Bonchev–Trinajstić information content (AvgIpc) is 3.25. The van der Waals surface area contributed by atoms with Gasteiger partial charge in [-0.05, 0) is 30.2 Å². The molecule has 4 rings (SSSR count). The van der Waals surface area contributed by atoms with Gasteiger partial charge in [0.25, 0.3) is 5.91 Å². The summed E-state index contributed by atoms with van der Waals surface area (Å²) in [6.45, 7) is 4.21. The van der Waals surface area contributed by atoms with E-state index in [1.54, 1.807) is 13.1 Å². The number of aliphatic hydroxyl groups excluding tert-OH is 1. The summed E-state index contributed by atoms with van der Waals surface area (Å²) in [5.41, 5.74) is 3.49. The van der Waals surface area contributed by atoms with Crippen molar-refractivity contribution in [3.63, 3.8) is 0 Å². The van der Waals surface area contributed by atoms with E-state index in [1.807, 2.05) is 46.7 Å². The zero-order valence-electron chi connectivity index (χ0n) is 16.2. The first kappa shape index (κ1) is 19.7. The Morgan fingerprint density at radius 2 is 2.00 bits per heavy atom. The first-order chi connectivity index (χ1) is 14.1. The number of rotatable bonds is 5. The monoisotopic (exact) mass is 409 g/mol. The van der Waals surface area contributed by atoms with Gasteiger partial charge in [-0.15, -0.1) is 11.3 Å². The molecule has 1 amide bonds. The number of hydrogen-bond donors (Lipinski definition) is 1. The van der Waals surface area contributed by atoms with Crippen molar-refractivity contribution >= 4 is 17.2 Å². The van der Waals surface area contributed by atoms with E-state index in [0.717, 1.165) is 27.5 Å². The summed E-state index contributed by atoms with van der Waals surface area (Å²) in [5.74, 6) is 0.769. The maximum Gasteiger partial charge on any atom is 0.254 e. The molecule has 3 aromatic rings. The van der Waals surface area contributed by atoms with E-state index < -0.39 is 6.10 Å². The standard InChI is InChI=1S/C22H23N3O3S/c1-15(26)17-4-2-16(3-5-17)12-21-23-7-6-19(24-21)20-13-18(14-29-20)22(27)25-8-10-28-11-9-25/h2-7,13-15,26H,8-12H2,1H3. The SMILES string of the molecule is CC(O)c1ccc(Cc2nccc(-c3cc(C(=O)N4CCOCC4)cs3)n2)cc1. The lowest BCUT2D eigenvalue weighted by molar-refractivity contribution is 0.0303. The van der Waals surface area contributed by atoms with Crippen molar-refractivity contribution in [2.45, 2.75) is 19.4 Å². The van der Waals surface area contributed by atoms with Crippen molar-refractivity contribution in [1.82, 2.24) is 14.9 Å². The highest BCUT2D eigenvalue weighted by Crippen LogP contribution is 2.27. The van der Waals surface area contributed by atoms with Crippen molar-refractivity contribution in [3.8, 4) is 10.6 Å². The maximum absolute atomic E-state index is 12.7. The van der Waals surface area contributed by atoms with Crippen LogP contribution in [0.25, 0.3) is 10.6 Å². The van der Waals surface area contributed by atoms with Crippen molar-refractivity contribution in [2.75, 3.05) is 26.3 Å². The van der Waals surface area contributed by atoms with E-state index in [2.05, 4.69) is 9.97 Å². The van der Waals surface area contributed by atoms with Gasteiger partial charge in [0.2, 0.25) is 0 Å². The fraction of sp³-hybridized carbons (Fsp3) is 0.318. The number of aromatic nitrogens is 2. The third-order valence-corrected chi connectivity index (χ3v) is 5.88. The van der Waals surface area contributed by atoms with Crippen molar-refractivity contribution in [3.05, 3.63) is 70.5 Å². The molecule has 150 valence electrons. The number of nitrogens with zero attached hydrogens (tertiary/aromatic N) is 3. The molecule has 1 N–H and O–H groups in total. The second-order valence-electron chi connectivity index (χ2n) is 7.06. The number of aliphatic hydroxyl groups is 1. The quantitative estimate of drug-likeness (QED) is 0.700.